The van der Waals surface area contributed by atoms with Crippen molar-refractivity contribution in [2.24, 2.45) is 0 Å². The van der Waals surface area contributed by atoms with E-state index in [-0.39, 0.29) is 17.1 Å². The van der Waals surface area contributed by atoms with E-state index in [0.717, 1.165) is 25.9 Å². The number of aliphatic hydroxyl groups is 1. The Balaban J connectivity index is 2.29. The first-order valence-corrected chi connectivity index (χ1v) is 8.80. The van der Waals surface area contributed by atoms with Crippen LogP contribution in [0, 0.1) is 6.92 Å². The van der Waals surface area contributed by atoms with Gasteiger partial charge in [-0.2, -0.15) is 0 Å². The minimum atomic E-state index is -0.331. The maximum atomic E-state index is 11.0. The Kier molecular flexibility index (Phi) is 5.55. The lowest BCUT2D eigenvalue weighted by Gasteiger charge is -2.49. The van der Waals surface area contributed by atoms with E-state index in [1.165, 1.54) is 11.1 Å². The van der Waals surface area contributed by atoms with Crippen LogP contribution in [0.1, 0.15) is 44.7 Å². The van der Waals surface area contributed by atoms with Gasteiger partial charge in [-0.15, -0.1) is 0 Å². The van der Waals surface area contributed by atoms with Crippen LogP contribution in [0.15, 0.2) is 24.3 Å². The smallest absolute Gasteiger partial charge is 0.0764 e. The van der Waals surface area contributed by atoms with E-state index in [2.05, 4.69) is 61.8 Å². The molecule has 1 heterocycles. The van der Waals surface area contributed by atoms with Crippen LogP contribution in [0.2, 0.25) is 0 Å². The third-order valence-electron chi connectivity index (χ3n) is 5.41. The van der Waals surface area contributed by atoms with Gasteiger partial charge < -0.3 is 10.0 Å². The van der Waals surface area contributed by atoms with E-state index in [9.17, 15) is 5.11 Å². The third kappa shape index (κ3) is 4.14. The molecule has 0 amide bonds. The van der Waals surface area contributed by atoms with Crippen LogP contribution in [0.4, 0.5) is 0 Å². The van der Waals surface area contributed by atoms with E-state index < -0.39 is 0 Å². The highest BCUT2D eigenvalue weighted by Crippen LogP contribution is 2.40. The molecule has 0 bridgehead atoms. The summed E-state index contributed by atoms with van der Waals surface area (Å²) in [6, 6.07) is 8.80. The molecule has 0 radical (unpaired) electrons. The van der Waals surface area contributed by atoms with Gasteiger partial charge in [0.1, 0.15) is 0 Å². The van der Waals surface area contributed by atoms with Crippen LogP contribution >= 0.6 is 0 Å². The van der Waals surface area contributed by atoms with Crippen molar-refractivity contribution < 1.29 is 5.11 Å². The Morgan fingerprint density at radius 3 is 2.09 bits per heavy atom. The first kappa shape index (κ1) is 18.4. The Bertz CT molecular complexity index is 493. The lowest BCUT2D eigenvalue weighted by Crippen LogP contribution is -2.55. The lowest BCUT2D eigenvalue weighted by molar-refractivity contribution is -0.00543. The van der Waals surface area contributed by atoms with Crippen molar-refractivity contribution in [2.45, 2.75) is 57.6 Å². The molecule has 2 rings (SSSR count). The molecular weight excluding hydrogens is 284 g/mol. The topological polar surface area (TPSA) is 26.7 Å². The molecule has 130 valence electrons. The standard InChI is InChI=1S/C20H34N2O/c1-16-7-9-17(10-8-16)20(18(23)15-21(5)6)11-13-22(14-12-20)19(2,3)4/h7-10,18,23H,11-15H2,1-6H3. The summed E-state index contributed by atoms with van der Waals surface area (Å²) >= 11 is 0. The summed E-state index contributed by atoms with van der Waals surface area (Å²) in [6.07, 6.45) is 1.70. The van der Waals surface area contributed by atoms with Crippen LogP contribution < -0.4 is 0 Å². The van der Waals surface area contributed by atoms with Crippen molar-refractivity contribution in [1.29, 1.82) is 0 Å². The first-order chi connectivity index (χ1) is 10.6. The summed E-state index contributed by atoms with van der Waals surface area (Å²) in [5.74, 6) is 0. The fourth-order valence-electron chi connectivity index (χ4n) is 3.80. The molecule has 0 aromatic heterocycles. The van der Waals surface area contributed by atoms with Crippen molar-refractivity contribution in [3.63, 3.8) is 0 Å². The molecule has 1 aromatic rings. The van der Waals surface area contributed by atoms with Crippen molar-refractivity contribution >= 4 is 0 Å². The molecule has 1 saturated heterocycles. The predicted molar refractivity (Wildman–Crippen MR) is 98.0 cm³/mol. The van der Waals surface area contributed by atoms with E-state index in [4.69, 9.17) is 0 Å². The summed E-state index contributed by atoms with van der Waals surface area (Å²) in [7, 11) is 4.08. The zero-order valence-electron chi connectivity index (χ0n) is 15.8. The lowest BCUT2D eigenvalue weighted by atomic mass is 9.68. The molecule has 1 fully saturated rings. The molecule has 1 atom stereocenters. The van der Waals surface area contributed by atoms with Crippen molar-refractivity contribution in [2.75, 3.05) is 33.7 Å². The number of likely N-dealkylation sites (tertiary alicyclic amines) is 1. The Hall–Kier alpha value is -0.900. The molecule has 1 N–H and O–H groups in total. The van der Waals surface area contributed by atoms with Gasteiger partial charge in [0.2, 0.25) is 0 Å². The Morgan fingerprint density at radius 2 is 1.65 bits per heavy atom. The van der Waals surface area contributed by atoms with E-state index in [1.807, 2.05) is 14.1 Å². The molecule has 1 aromatic carbocycles. The fourth-order valence-corrected chi connectivity index (χ4v) is 3.80. The molecule has 0 aliphatic carbocycles. The number of nitrogens with zero attached hydrogens (tertiary/aromatic N) is 2. The van der Waals surface area contributed by atoms with E-state index >= 15 is 0 Å². The van der Waals surface area contributed by atoms with Crippen LogP contribution in [0.5, 0.6) is 0 Å². The van der Waals surface area contributed by atoms with Crippen LogP contribution in [-0.2, 0) is 5.41 Å². The van der Waals surface area contributed by atoms with E-state index in [1.54, 1.807) is 0 Å². The molecule has 1 aliphatic heterocycles. The molecule has 23 heavy (non-hydrogen) atoms. The first-order valence-electron chi connectivity index (χ1n) is 8.80. The van der Waals surface area contributed by atoms with Crippen molar-refractivity contribution in [3.05, 3.63) is 35.4 Å². The minimum Gasteiger partial charge on any atom is -0.391 e. The highest BCUT2D eigenvalue weighted by atomic mass is 16.3. The Labute approximate surface area is 142 Å². The largest absolute Gasteiger partial charge is 0.391 e. The normalized spacial score (nSPS) is 20.7. The second kappa shape index (κ2) is 6.92. The number of aliphatic hydroxyl groups excluding tert-OH is 1. The maximum absolute atomic E-state index is 11.0. The van der Waals surface area contributed by atoms with E-state index in [0.29, 0.717) is 6.54 Å². The number of aryl methyl sites for hydroxylation is 1. The predicted octanol–water partition coefficient (Wildman–Crippen LogP) is 3.05. The number of hydrogen-bond acceptors (Lipinski definition) is 3. The van der Waals surface area contributed by atoms with Gasteiger partial charge in [0, 0.05) is 17.5 Å². The van der Waals surface area contributed by atoms with Gasteiger partial charge in [-0.1, -0.05) is 29.8 Å². The van der Waals surface area contributed by atoms with Gasteiger partial charge in [0.15, 0.2) is 0 Å². The van der Waals surface area contributed by atoms with Gasteiger partial charge in [0.25, 0.3) is 0 Å². The average Bonchev–Trinajstić information content (AvgIpc) is 2.46. The molecule has 1 unspecified atom stereocenters. The molecule has 3 nitrogen and oxygen atoms in total. The molecular formula is C20H34N2O. The molecule has 3 heteroatoms. The fraction of sp³-hybridized carbons (Fsp3) is 0.700. The SMILES string of the molecule is Cc1ccc(C2(C(O)CN(C)C)CCN(C(C)(C)C)CC2)cc1. The number of rotatable bonds is 4. The number of hydrogen-bond donors (Lipinski definition) is 1. The Morgan fingerprint density at radius 1 is 1.13 bits per heavy atom. The summed E-state index contributed by atoms with van der Waals surface area (Å²) < 4.78 is 0. The van der Waals surface area contributed by atoms with Gasteiger partial charge in [-0.25, -0.2) is 0 Å². The minimum absolute atomic E-state index is 0.125. The molecule has 0 saturated carbocycles. The summed E-state index contributed by atoms with van der Waals surface area (Å²) in [4.78, 5) is 4.64. The molecule has 0 spiro atoms. The van der Waals surface area contributed by atoms with Gasteiger partial charge >= 0.3 is 0 Å². The number of benzene rings is 1. The second-order valence-corrected chi connectivity index (χ2v) is 8.46. The number of piperidine rings is 1. The van der Waals surface area contributed by atoms with Crippen molar-refractivity contribution in [3.8, 4) is 0 Å². The van der Waals surface area contributed by atoms with Crippen LogP contribution in [0.25, 0.3) is 0 Å². The third-order valence-corrected chi connectivity index (χ3v) is 5.41. The van der Waals surface area contributed by atoms with Gasteiger partial charge in [0.05, 0.1) is 6.10 Å². The quantitative estimate of drug-likeness (QED) is 0.924. The zero-order valence-corrected chi connectivity index (χ0v) is 15.8. The zero-order chi connectivity index (χ0) is 17.3. The highest BCUT2D eigenvalue weighted by molar-refractivity contribution is 5.31. The molecule has 1 aliphatic rings. The highest BCUT2D eigenvalue weighted by Gasteiger charge is 2.43. The summed E-state index contributed by atoms with van der Waals surface area (Å²) in [6.45, 7) is 11.8. The van der Waals surface area contributed by atoms with Crippen LogP contribution in [0.3, 0.4) is 0 Å². The number of likely N-dealkylation sites (N-methyl/N-ethyl adjacent to an activating group) is 1. The summed E-state index contributed by atoms with van der Waals surface area (Å²) in [5.41, 5.74) is 2.65. The maximum Gasteiger partial charge on any atom is 0.0764 e. The monoisotopic (exact) mass is 318 g/mol. The average molecular weight is 319 g/mol. The van der Waals surface area contributed by atoms with Crippen LogP contribution in [-0.4, -0.2) is 60.3 Å². The second-order valence-electron chi connectivity index (χ2n) is 8.46. The van der Waals surface area contributed by atoms with Gasteiger partial charge in [-0.05, 0) is 73.3 Å². The summed E-state index contributed by atoms with van der Waals surface area (Å²) in [5, 5.41) is 11.0. The van der Waals surface area contributed by atoms with Crippen molar-refractivity contribution in [1.82, 2.24) is 9.80 Å². The van der Waals surface area contributed by atoms with Gasteiger partial charge in [-0.3, -0.25) is 4.90 Å².